The van der Waals surface area contributed by atoms with E-state index in [1.165, 1.54) is 6.92 Å². The van der Waals surface area contributed by atoms with Gasteiger partial charge in [0.05, 0.1) is 12.8 Å². The van der Waals surface area contributed by atoms with Gasteiger partial charge in [-0.15, -0.1) is 0 Å². The SMILES string of the molecule is CC(=O)Nc1ccc(C)c(NC(=O)NCc2ccco2)c1. The molecule has 2 aromatic rings. The van der Waals surface area contributed by atoms with Gasteiger partial charge in [-0.3, -0.25) is 4.79 Å². The predicted molar refractivity (Wildman–Crippen MR) is 80.0 cm³/mol. The first-order valence-corrected chi connectivity index (χ1v) is 6.50. The van der Waals surface area contributed by atoms with Crippen LogP contribution in [0.1, 0.15) is 18.2 Å². The molecule has 0 aliphatic carbocycles. The lowest BCUT2D eigenvalue weighted by atomic mass is 10.2. The normalized spacial score (nSPS) is 10.0. The summed E-state index contributed by atoms with van der Waals surface area (Å²) in [5, 5.41) is 8.11. The highest BCUT2D eigenvalue weighted by atomic mass is 16.3. The fraction of sp³-hybridized carbons (Fsp3) is 0.200. The smallest absolute Gasteiger partial charge is 0.319 e. The minimum absolute atomic E-state index is 0.160. The quantitative estimate of drug-likeness (QED) is 0.808. The number of rotatable bonds is 4. The summed E-state index contributed by atoms with van der Waals surface area (Å²) in [7, 11) is 0. The number of anilines is 2. The molecule has 3 N–H and O–H groups in total. The van der Waals surface area contributed by atoms with Gasteiger partial charge in [-0.2, -0.15) is 0 Å². The zero-order chi connectivity index (χ0) is 15.2. The standard InChI is InChI=1S/C15H17N3O3/c1-10-5-6-12(17-11(2)19)8-14(10)18-15(20)16-9-13-4-3-7-21-13/h3-8H,9H2,1-2H3,(H,17,19)(H2,16,18,20). The van der Waals surface area contributed by atoms with Crippen LogP contribution in [0.15, 0.2) is 41.0 Å². The summed E-state index contributed by atoms with van der Waals surface area (Å²) in [5.41, 5.74) is 2.17. The van der Waals surface area contributed by atoms with E-state index in [-0.39, 0.29) is 11.9 Å². The molecule has 0 saturated carbocycles. The minimum atomic E-state index is -0.338. The molecular formula is C15H17N3O3. The molecule has 3 amide bonds. The van der Waals surface area contributed by atoms with E-state index in [2.05, 4.69) is 16.0 Å². The first-order valence-electron chi connectivity index (χ1n) is 6.50. The maximum atomic E-state index is 11.8. The molecule has 1 heterocycles. The summed E-state index contributed by atoms with van der Waals surface area (Å²) >= 11 is 0. The first-order chi connectivity index (χ1) is 10.0. The second-order valence-electron chi connectivity index (χ2n) is 4.60. The van der Waals surface area contributed by atoms with Crippen molar-refractivity contribution >= 4 is 23.3 Å². The van der Waals surface area contributed by atoms with Crippen molar-refractivity contribution in [2.45, 2.75) is 20.4 Å². The average Bonchev–Trinajstić information content (AvgIpc) is 2.93. The van der Waals surface area contributed by atoms with E-state index < -0.39 is 0 Å². The second kappa shape index (κ2) is 6.60. The highest BCUT2D eigenvalue weighted by Gasteiger charge is 2.07. The van der Waals surface area contributed by atoms with Crippen LogP contribution < -0.4 is 16.0 Å². The molecule has 0 spiro atoms. The number of hydrogen-bond donors (Lipinski definition) is 3. The van der Waals surface area contributed by atoms with Gasteiger partial charge in [-0.25, -0.2) is 4.79 Å². The van der Waals surface area contributed by atoms with Crippen LogP contribution in [0.4, 0.5) is 16.2 Å². The summed E-state index contributed by atoms with van der Waals surface area (Å²) in [4.78, 5) is 22.9. The molecule has 1 aromatic heterocycles. The number of nitrogens with one attached hydrogen (secondary N) is 3. The average molecular weight is 287 g/mol. The molecule has 2 rings (SSSR count). The zero-order valence-corrected chi connectivity index (χ0v) is 11.9. The maximum Gasteiger partial charge on any atom is 0.319 e. The van der Waals surface area contributed by atoms with Crippen molar-refractivity contribution < 1.29 is 14.0 Å². The number of furan rings is 1. The Hall–Kier alpha value is -2.76. The van der Waals surface area contributed by atoms with E-state index in [0.29, 0.717) is 23.7 Å². The lowest BCUT2D eigenvalue weighted by Crippen LogP contribution is -2.28. The number of carbonyl (C=O) groups is 2. The summed E-state index contributed by atoms with van der Waals surface area (Å²) in [5.74, 6) is 0.515. The lowest BCUT2D eigenvalue weighted by molar-refractivity contribution is -0.114. The van der Waals surface area contributed by atoms with Crippen LogP contribution >= 0.6 is 0 Å². The summed E-state index contributed by atoms with van der Waals surface area (Å²) < 4.78 is 5.13. The first kappa shape index (κ1) is 14.6. The molecule has 0 bridgehead atoms. The number of amides is 3. The molecule has 0 radical (unpaired) electrons. The van der Waals surface area contributed by atoms with Crippen molar-refractivity contribution in [1.82, 2.24) is 5.32 Å². The third-order valence-electron chi connectivity index (χ3n) is 2.81. The molecule has 0 atom stereocenters. The molecule has 6 nitrogen and oxygen atoms in total. The monoisotopic (exact) mass is 287 g/mol. The number of carbonyl (C=O) groups excluding carboxylic acids is 2. The Bertz CT molecular complexity index is 636. The fourth-order valence-corrected chi connectivity index (χ4v) is 1.78. The molecular weight excluding hydrogens is 270 g/mol. The Balaban J connectivity index is 1.97. The van der Waals surface area contributed by atoms with Gasteiger partial charge in [0.1, 0.15) is 5.76 Å². The molecule has 6 heteroatoms. The van der Waals surface area contributed by atoms with Gasteiger partial charge >= 0.3 is 6.03 Å². The van der Waals surface area contributed by atoms with Gasteiger partial charge in [0.2, 0.25) is 5.91 Å². The summed E-state index contributed by atoms with van der Waals surface area (Å²) in [6, 6.07) is 8.52. The van der Waals surface area contributed by atoms with E-state index in [4.69, 9.17) is 4.42 Å². The Kier molecular flexibility index (Phi) is 4.61. The van der Waals surface area contributed by atoms with Crippen molar-refractivity contribution in [3.63, 3.8) is 0 Å². The van der Waals surface area contributed by atoms with Gasteiger partial charge in [0, 0.05) is 18.3 Å². The van der Waals surface area contributed by atoms with Crippen molar-refractivity contribution in [1.29, 1.82) is 0 Å². The van der Waals surface area contributed by atoms with Gasteiger partial charge in [0.25, 0.3) is 0 Å². The van der Waals surface area contributed by atoms with Crippen molar-refractivity contribution in [3.8, 4) is 0 Å². The Morgan fingerprint density at radius 2 is 2.00 bits per heavy atom. The fourth-order valence-electron chi connectivity index (χ4n) is 1.78. The van der Waals surface area contributed by atoms with Crippen molar-refractivity contribution in [3.05, 3.63) is 47.9 Å². The Labute approximate surface area is 122 Å². The number of hydrogen-bond acceptors (Lipinski definition) is 3. The summed E-state index contributed by atoms with van der Waals surface area (Å²) in [6.07, 6.45) is 1.55. The lowest BCUT2D eigenvalue weighted by Gasteiger charge is -2.11. The minimum Gasteiger partial charge on any atom is -0.467 e. The number of aryl methyl sites for hydroxylation is 1. The molecule has 0 unspecified atom stereocenters. The second-order valence-corrected chi connectivity index (χ2v) is 4.60. The van der Waals surface area contributed by atoms with Crippen LogP contribution in [0, 0.1) is 6.92 Å². The molecule has 110 valence electrons. The van der Waals surface area contributed by atoms with Gasteiger partial charge in [0.15, 0.2) is 0 Å². The Morgan fingerprint density at radius 3 is 2.67 bits per heavy atom. The van der Waals surface area contributed by atoms with Crippen molar-refractivity contribution in [2.24, 2.45) is 0 Å². The molecule has 21 heavy (non-hydrogen) atoms. The highest BCUT2D eigenvalue weighted by Crippen LogP contribution is 2.20. The summed E-state index contributed by atoms with van der Waals surface area (Å²) in [6.45, 7) is 3.62. The molecule has 0 fully saturated rings. The predicted octanol–water partition coefficient (Wildman–Crippen LogP) is 2.87. The topological polar surface area (TPSA) is 83.4 Å². The van der Waals surface area contributed by atoms with Crippen molar-refractivity contribution in [2.75, 3.05) is 10.6 Å². The van der Waals surface area contributed by atoms with E-state index in [0.717, 1.165) is 5.56 Å². The molecule has 1 aromatic carbocycles. The van der Waals surface area contributed by atoms with Gasteiger partial charge in [-0.05, 0) is 36.8 Å². The maximum absolute atomic E-state index is 11.8. The highest BCUT2D eigenvalue weighted by molar-refractivity contribution is 5.93. The van der Waals surface area contributed by atoms with Gasteiger partial charge in [-0.1, -0.05) is 6.07 Å². The Morgan fingerprint density at radius 1 is 1.19 bits per heavy atom. The largest absolute Gasteiger partial charge is 0.467 e. The third kappa shape index (κ3) is 4.38. The van der Waals surface area contributed by atoms with E-state index in [9.17, 15) is 9.59 Å². The van der Waals surface area contributed by atoms with Crippen LogP contribution in [0.2, 0.25) is 0 Å². The van der Waals surface area contributed by atoms with Gasteiger partial charge < -0.3 is 20.4 Å². The molecule has 0 aliphatic heterocycles. The molecule has 0 saturated heterocycles. The van der Waals surface area contributed by atoms with Crippen LogP contribution in [0.25, 0.3) is 0 Å². The van der Waals surface area contributed by atoms with Crippen LogP contribution in [0.3, 0.4) is 0 Å². The van der Waals surface area contributed by atoms with E-state index in [1.54, 1.807) is 30.5 Å². The zero-order valence-electron chi connectivity index (χ0n) is 11.9. The van der Waals surface area contributed by atoms with E-state index >= 15 is 0 Å². The van der Waals surface area contributed by atoms with E-state index in [1.807, 2.05) is 13.0 Å². The third-order valence-corrected chi connectivity index (χ3v) is 2.81. The number of urea groups is 1. The molecule has 0 aliphatic rings. The number of benzene rings is 1. The van der Waals surface area contributed by atoms with Crippen LogP contribution in [0.5, 0.6) is 0 Å². The van der Waals surface area contributed by atoms with Crippen LogP contribution in [-0.2, 0) is 11.3 Å². The van der Waals surface area contributed by atoms with Crippen LogP contribution in [-0.4, -0.2) is 11.9 Å².